The van der Waals surface area contributed by atoms with Gasteiger partial charge in [0.05, 0.1) is 5.69 Å². The van der Waals surface area contributed by atoms with E-state index in [-0.39, 0.29) is 0 Å². The van der Waals surface area contributed by atoms with Gasteiger partial charge in [0.25, 0.3) is 0 Å². The molecule has 3 heteroatoms. The van der Waals surface area contributed by atoms with E-state index < -0.39 is 0 Å². The fraction of sp³-hybridized carbons (Fsp3) is 0.111. The Kier molecular flexibility index (Phi) is 3.70. The Morgan fingerprint density at radius 2 is 2.17 bits per heavy atom. The van der Waals surface area contributed by atoms with Gasteiger partial charge < -0.3 is 5.43 Å². The summed E-state index contributed by atoms with van der Waals surface area (Å²) in [7, 11) is 0. The number of anilines is 1. The lowest BCUT2D eigenvalue weighted by atomic mass is 10.2. The first-order valence-electron chi connectivity index (χ1n) is 3.71. The molecule has 64 valence electrons. The second kappa shape index (κ2) is 4.85. The summed E-state index contributed by atoms with van der Waals surface area (Å²) in [6, 6.07) is 7.83. The molecule has 0 unspecified atom stereocenters. The number of thiol groups is 1. The van der Waals surface area contributed by atoms with Crippen LogP contribution < -0.4 is 11.3 Å². The Labute approximate surface area is 77.9 Å². The number of benzene rings is 1. The Hall–Kier alpha value is -0.930. The average Bonchev–Trinajstić information content (AvgIpc) is 2.15. The first-order chi connectivity index (χ1) is 5.88. The maximum Gasteiger partial charge on any atom is 0.0557 e. The Morgan fingerprint density at radius 3 is 2.83 bits per heavy atom. The van der Waals surface area contributed by atoms with Crippen molar-refractivity contribution in [2.24, 2.45) is 5.84 Å². The van der Waals surface area contributed by atoms with Crippen molar-refractivity contribution < 1.29 is 0 Å². The van der Waals surface area contributed by atoms with Gasteiger partial charge in [0, 0.05) is 5.75 Å². The van der Waals surface area contributed by atoms with E-state index in [0.717, 1.165) is 17.0 Å². The van der Waals surface area contributed by atoms with Crippen LogP contribution in [0.1, 0.15) is 5.56 Å². The van der Waals surface area contributed by atoms with E-state index in [0.29, 0.717) is 0 Å². The van der Waals surface area contributed by atoms with Gasteiger partial charge in [0.1, 0.15) is 0 Å². The third-order valence-electron chi connectivity index (χ3n) is 1.52. The summed E-state index contributed by atoms with van der Waals surface area (Å²) >= 11 is 4.08. The molecule has 0 aliphatic carbocycles. The van der Waals surface area contributed by atoms with Crippen LogP contribution in [0.2, 0.25) is 0 Å². The van der Waals surface area contributed by atoms with Gasteiger partial charge in [-0.25, -0.2) is 0 Å². The van der Waals surface area contributed by atoms with E-state index in [1.54, 1.807) is 0 Å². The largest absolute Gasteiger partial charge is 0.324 e. The molecule has 12 heavy (non-hydrogen) atoms. The summed E-state index contributed by atoms with van der Waals surface area (Å²) in [5.74, 6) is 6.05. The predicted octanol–water partition coefficient (Wildman–Crippen LogP) is 1.92. The molecule has 0 spiro atoms. The van der Waals surface area contributed by atoms with Crippen LogP contribution in [-0.2, 0) is 0 Å². The van der Waals surface area contributed by atoms with Crippen LogP contribution in [0.5, 0.6) is 0 Å². The molecular weight excluding hydrogens is 168 g/mol. The fourth-order valence-electron chi connectivity index (χ4n) is 0.953. The minimum Gasteiger partial charge on any atom is -0.324 e. The molecule has 0 aromatic heterocycles. The molecule has 2 nitrogen and oxygen atoms in total. The first-order valence-corrected chi connectivity index (χ1v) is 4.34. The number of hydrogen-bond acceptors (Lipinski definition) is 3. The van der Waals surface area contributed by atoms with Crippen LogP contribution in [0.3, 0.4) is 0 Å². The fourth-order valence-corrected chi connectivity index (χ4v) is 1.06. The van der Waals surface area contributed by atoms with Gasteiger partial charge in [0.15, 0.2) is 0 Å². The maximum absolute atomic E-state index is 5.32. The van der Waals surface area contributed by atoms with E-state index in [1.165, 1.54) is 0 Å². The smallest absolute Gasteiger partial charge is 0.0557 e. The number of hydrazine groups is 1. The molecule has 1 aromatic carbocycles. The molecule has 0 aliphatic heterocycles. The standard InChI is InChI=1S/C9H12N2S/c10-11-9-6-2-1-4-8(9)5-3-7-12/h1-6,11-12H,7,10H2. The molecule has 0 fully saturated rings. The van der Waals surface area contributed by atoms with Gasteiger partial charge in [-0.1, -0.05) is 30.4 Å². The molecule has 0 radical (unpaired) electrons. The first kappa shape index (κ1) is 9.16. The summed E-state index contributed by atoms with van der Waals surface area (Å²) in [6.45, 7) is 0. The highest BCUT2D eigenvalue weighted by atomic mass is 32.1. The Morgan fingerprint density at radius 1 is 1.42 bits per heavy atom. The molecule has 1 aromatic rings. The minimum absolute atomic E-state index is 0.735. The second-order valence-electron chi connectivity index (χ2n) is 2.32. The number of rotatable bonds is 3. The number of para-hydroxylation sites is 1. The molecule has 0 heterocycles. The SMILES string of the molecule is NNc1ccccc1C=CCS. The lowest BCUT2D eigenvalue weighted by Crippen LogP contribution is -2.07. The molecule has 0 aliphatic rings. The molecule has 0 saturated heterocycles. The number of nitrogens with one attached hydrogen (secondary N) is 1. The zero-order valence-corrected chi connectivity index (χ0v) is 7.59. The zero-order chi connectivity index (χ0) is 8.81. The minimum atomic E-state index is 0.735. The highest BCUT2D eigenvalue weighted by Gasteiger charge is 1.92. The van der Waals surface area contributed by atoms with Gasteiger partial charge in [-0.2, -0.15) is 12.6 Å². The highest BCUT2D eigenvalue weighted by Crippen LogP contribution is 2.14. The van der Waals surface area contributed by atoms with Gasteiger partial charge in [-0.3, -0.25) is 5.84 Å². The quantitative estimate of drug-likeness (QED) is 0.378. The Bertz CT molecular complexity index is 271. The summed E-state index contributed by atoms with van der Waals surface area (Å²) < 4.78 is 0. The van der Waals surface area contributed by atoms with Crippen molar-refractivity contribution in [3.63, 3.8) is 0 Å². The molecular formula is C9H12N2S. The van der Waals surface area contributed by atoms with Gasteiger partial charge in [-0.15, -0.1) is 0 Å². The number of hydrogen-bond donors (Lipinski definition) is 3. The summed E-state index contributed by atoms with van der Waals surface area (Å²) in [5, 5.41) is 0. The van der Waals surface area contributed by atoms with Crippen molar-refractivity contribution >= 4 is 24.4 Å². The van der Waals surface area contributed by atoms with Crippen molar-refractivity contribution in [3.05, 3.63) is 35.9 Å². The molecule has 1 rings (SSSR count). The maximum atomic E-state index is 5.32. The highest BCUT2D eigenvalue weighted by molar-refractivity contribution is 7.80. The summed E-state index contributed by atoms with van der Waals surface area (Å²) in [6.07, 6.45) is 3.96. The third kappa shape index (κ3) is 2.29. The van der Waals surface area contributed by atoms with Crippen LogP contribution in [0.15, 0.2) is 30.3 Å². The molecule has 3 N–H and O–H groups in total. The summed E-state index contributed by atoms with van der Waals surface area (Å²) in [4.78, 5) is 0. The number of nitrogen functional groups attached to an aromatic ring is 1. The van der Waals surface area contributed by atoms with Crippen LogP contribution >= 0.6 is 12.6 Å². The topological polar surface area (TPSA) is 38.0 Å². The van der Waals surface area contributed by atoms with E-state index in [4.69, 9.17) is 5.84 Å². The predicted molar refractivity (Wildman–Crippen MR) is 57.1 cm³/mol. The van der Waals surface area contributed by atoms with Crippen LogP contribution in [0.25, 0.3) is 6.08 Å². The molecule has 0 bridgehead atoms. The van der Waals surface area contributed by atoms with Crippen molar-refractivity contribution in [2.75, 3.05) is 11.2 Å². The third-order valence-corrected chi connectivity index (χ3v) is 1.73. The molecule has 0 amide bonds. The van der Waals surface area contributed by atoms with E-state index in [9.17, 15) is 0 Å². The van der Waals surface area contributed by atoms with E-state index >= 15 is 0 Å². The van der Waals surface area contributed by atoms with Crippen molar-refractivity contribution in [1.29, 1.82) is 0 Å². The lowest BCUT2D eigenvalue weighted by Gasteiger charge is -2.02. The average molecular weight is 180 g/mol. The van der Waals surface area contributed by atoms with Crippen molar-refractivity contribution in [2.45, 2.75) is 0 Å². The van der Waals surface area contributed by atoms with Crippen molar-refractivity contribution in [3.8, 4) is 0 Å². The monoisotopic (exact) mass is 180 g/mol. The van der Waals surface area contributed by atoms with Gasteiger partial charge >= 0.3 is 0 Å². The van der Waals surface area contributed by atoms with Gasteiger partial charge in [0.2, 0.25) is 0 Å². The van der Waals surface area contributed by atoms with Crippen LogP contribution in [0.4, 0.5) is 5.69 Å². The van der Waals surface area contributed by atoms with Crippen molar-refractivity contribution in [1.82, 2.24) is 0 Å². The number of nitrogens with two attached hydrogens (primary N) is 1. The summed E-state index contributed by atoms with van der Waals surface area (Å²) in [5.41, 5.74) is 4.63. The van der Waals surface area contributed by atoms with Crippen LogP contribution in [-0.4, -0.2) is 5.75 Å². The second-order valence-corrected chi connectivity index (χ2v) is 2.68. The van der Waals surface area contributed by atoms with Gasteiger partial charge in [-0.05, 0) is 11.6 Å². The molecule has 0 atom stereocenters. The Balaban J connectivity index is 2.89. The zero-order valence-electron chi connectivity index (χ0n) is 6.70. The molecule has 0 saturated carbocycles. The van der Waals surface area contributed by atoms with Crippen LogP contribution in [0, 0.1) is 0 Å². The van der Waals surface area contributed by atoms with E-state index in [1.807, 2.05) is 36.4 Å². The lowest BCUT2D eigenvalue weighted by molar-refractivity contribution is 1.34. The van der Waals surface area contributed by atoms with E-state index in [2.05, 4.69) is 18.1 Å². The normalized spacial score (nSPS) is 10.5.